The number of nitrogens with zero attached hydrogens (tertiary/aromatic N) is 2. The Balaban J connectivity index is 1.95. The van der Waals surface area contributed by atoms with Gasteiger partial charge in [0.15, 0.2) is 11.3 Å². The lowest BCUT2D eigenvalue weighted by atomic mass is 10.1. The molecule has 0 bridgehead atoms. The van der Waals surface area contributed by atoms with Crippen molar-refractivity contribution in [2.24, 2.45) is 0 Å². The Bertz CT molecular complexity index is 1010. The standard InChI is InChI=1S/C19H17ClN2O4/c1-11-15-8-5-9-16(20)18(15)26-17(11)19(23)21(3)12(2)13-6-4-7-14(10-13)22(24)25/h4-10,12H,1-3H3. The third-order valence-electron chi connectivity index (χ3n) is 4.57. The molecule has 7 heteroatoms. The van der Waals surface area contributed by atoms with Crippen molar-refractivity contribution in [3.05, 3.63) is 74.5 Å². The van der Waals surface area contributed by atoms with Crippen LogP contribution in [0.3, 0.4) is 0 Å². The first-order chi connectivity index (χ1) is 12.3. The van der Waals surface area contributed by atoms with Crippen molar-refractivity contribution < 1.29 is 14.1 Å². The van der Waals surface area contributed by atoms with E-state index in [0.29, 0.717) is 21.7 Å². The zero-order chi connectivity index (χ0) is 19.0. The zero-order valence-corrected chi connectivity index (χ0v) is 15.3. The molecule has 0 N–H and O–H groups in total. The van der Waals surface area contributed by atoms with Crippen LogP contribution in [-0.4, -0.2) is 22.8 Å². The first kappa shape index (κ1) is 17.9. The Labute approximate surface area is 155 Å². The molecule has 1 amide bonds. The predicted octanol–water partition coefficient (Wildman–Crippen LogP) is 5.14. The summed E-state index contributed by atoms with van der Waals surface area (Å²) in [5, 5.41) is 12.2. The highest BCUT2D eigenvalue weighted by Gasteiger charge is 2.26. The van der Waals surface area contributed by atoms with Gasteiger partial charge in [-0.3, -0.25) is 14.9 Å². The lowest BCUT2D eigenvalue weighted by Gasteiger charge is -2.24. The van der Waals surface area contributed by atoms with Crippen molar-refractivity contribution in [3.8, 4) is 0 Å². The van der Waals surface area contributed by atoms with Gasteiger partial charge in [0, 0.05) is 30.1 Å². The molecule has 0 saturated carbocycles. The first-order valence-electron chi connectivity index (χ1n) is 8.00. The molecular weight excluding hydrogens is 356 g/mol. The van der Waals surface area contributed by atoms with Gasteiger partial charge in [-0.25, -0.2) is 0 Å². The van der Waals surface area contributed by atoms with E-state index in [1.807, 2.05) is 13.0 Å². The second-order valence-corrected chi connectivity index (χ2v) is 6.52. The minimum Gasteiger partial charge on any atom is -0.449 e. The molecule has 0 spiro atoms. The van der Waals surface area contributed by atoms with Crippen LogP contribution in [0.25, 0.3) is 11.0 Å². The summed E-state index contributed by atoms with van der Waals surface area (Å²) in [6, 6.07) is 11.2. The maximum absolute atomic E-state index is 12.9. The van der Waals surface area contributed by atoms with E-state index in [1.165, 1.54) is 17.0 Å². The minimum atomic E-state index is -0.455. The second-order valence-electron chi connectivity index (χ2n) is 6.12. The third kappa shape index (κ3) is 3.04. The van der Waals surface area contributed by atoms with E-state index in [9.17, 15) is 14.9 Å². The summed E-state index contributed by atoms with van der Waals surface area (Å²) in [6.45, 7) is 3.61. The molecule has 1 atom stereocenters. The third-order valence-corrected chi connectivity index (χ3v) is 4.87. The van der Waals surface area contributed by atoms with E-state index in [-0.39, 0.29) is 23.4 Å². The quantitative estimate of drug-likeness (QED) is 0.469. The summed E-state index contributed by atoms with van der Waals surface area (Å²) < 4.78 is 5.73. The fraction of sp³-hybridized carbons (Fsp3) is 0.211. The van der Waals surface area contributed by atoms with Crippen LogP contribution in [0.1, 0.15) is 34.6 Å². The number of furan rings is 1. The van der Waals surface area contributed by atoms with Crippen LogP contribution in [0.15, 0.2) is 46.9 Å². The summed E-state index contributed by atoms with van der Waals surface area (Å²) in [6.07, 6.45) is 0. The number of hydrogen-bond donors (Lipinski definition) is 0. The molecule has 1 heterocycles. The largest absolute Gasteiger partial charge is 0.449 e. The Kier molecular flexibility index (Phi) is 4.70. The number of non-ortho nitro benzene ring substituents is 1. The van der Waals surface area contributed by atoms with E-state index in [1.54, 1.807) is 38.2 Å². The maximum Gasteiger partial charge on any atom is 0.290 e. The highest BCUT2D eigenvalue weighted by atomic mass is 35.5. The van der Waals surface area contributed by atoms with Gasteiger partial charge in [0.2, 0.25) is 0 Å². The molecule has 3 rings (SSSR count). The molecule has 134 valence electrons. The fourth-order valence-electron chi connectivity index (χ4n) is 2.87. The SMILES string of the molecule is Cc1c(C(=O)N(C)C(C)c2cccc([N+](=O)[O-])c2)oc2c(Cl)cccc12. The molecular formula is C19H17ClN2O4. The number of carbonyl (C=O) groups excluding carboxylic acids is 1. The van der Waals surface area contributed by atoms with E-state index >= 15 is 0 Å². The van der Waals surface area contributed by atoms with Gasteiger partial charge in [-0.05, 0) is 25.5 Å². The summed E-state index contributed by atoms with van der Waals surface area (Å²) in [5.74, 6) is -0.0957. The highest BCUT2D eigenvalue weighted by Crippen LogP contribution is 2.32. The van der Waals surface area contributed by atoms with Crippen LogP contribution in [0, 0.1) is 17.0 Å². The summed E-state index contributed by atoms with van der Waals surface area (Å²) in [5.41, 5.74) is 1.85. The van der Waals surface area contributed by atoms with Gasteiger partial charge in [0.05, 0.1) is 16.0 Å². The highest BCUT2D eigenvalue weighted by molar-refractivity contribution is 6.35. The summed E-state index contributed by atoms with van der Waals surface area (Å²) in [4.78, 5) is 25.0. The minimum absolute atomic E-state index is 0.0121. The molecule has 0 aliphatic heterocycles. The number of benzene rings is 2. The lowest BCUT2D eigenvalue weighted by Crippen LogP contribution is -2.29. The average Bonchev–Trinajstić information content (AvgIpc) is 2.98. The van der Waals surface area contributed by atoms with Crippen molar-refractivity contribution in [2.45, 2.75) is 19.9 Å². The van der Waals surface area contributed by atoms with E-state index < -0.39 is 4.92 Å². The number of hydrogen-bond acceptors (Lipinski definition) is 4. The van der Waals surface area contributed by atoms with E-state index in [4.69, 9.17) is 16.0 Å². The average molecular weight is 373 g/mol. The van der Waals surface area contributed by atoms with Gasteiger partial charge in [0.25, 0.3) is 11.6 Å². The molecule has 0 saturated heterocycles. The topological polar surface area (TPSA) is 76.6 Å². The number of fused-ring (bicyclic) bond motifs is 1. The van der Waals surface area contributed by atoms with Crippen molar-refractivity contribution in [2.75, 3.05) is 7.05 Å². The second kappa shape index (κ2) is 6.80. The predicted molar refractivity (Wildman–Crippen MR) is 99.6 cm³/mol. The van der Waals surface area contributed by atoms with Crippen LogP contribution in [0.4, 0.5) is 5.69 Å². The molecule has 1 unspecified atom stereocenters. The number of halogens is 1. The van der Waals surface area contributed by atoms with Crippen molar-refractivity contribution >= 4 is 34.2 Å². The van der Waals surface area contributed by atoms with Crippen LogP contribution >= 0.6 is 11.6 Å². The molecule has 6 nitrogen and oxygen atoms in total. The zero-order valence-electron chi connectivity index (χ0n) is 14.5. The summed E-state index contributed by atoms with van der Waals surface area (Å²) in [7, 11) is 1.64. The smallest absolute Gasteiger partial charge is 0.290 e. The number of para-hydroxylation sites is 1. The van der Waals surface area contributed by atoms with Crippen molar-refractivity contribution in [3.63, 3.8) is 0 Å². The van der Waals surface area contributed by atoms with Gasteiger partial charge in [0.1, 0.15) is 0 Å². The molecule has 1 aromatic heterocycles. The van der Waals surface area contributed by atoms with Crippen LogP contribution in [0.2, 0.25) is 5.02 Å². The molecule has 2 aromatic carbocycles. The van der Waals surface area contributed by atoms with Crippen molar-refractivity contribution in [1.82, 2.24) is 4.90 Å². The van der Waals surface area contributed by atoms with Crippen LogP contribution in [0.5, 0.6) is 0 Å². The van der Waals surface area contributed by atoms with Crippen LogP contribution in [-0.2, 0) is 0 Å². The normalized spacial score (nSPS) is 12.2. The number of amides is 1. The molecule has 3 aromatic rings. The summed E-state index contributed by atoms with van der Waals surface area (Å²) >= 11 is 6.15. The Morgan fingerprint density at radius 2 is 1.96 bits per heavy atom. The number of rotatable bonds is 4. The molecule has 0 aliphatic carbocycles. The Morgan fingerprint density at radius 1 is 1.27 bits per heavy atom. The number of aryl methyl sites for hydroxylation is 1. The Hall–Kier alpha value is -2.86. The van der Waals surface area contributed by atoms with E-state index in [2.05, 4.69) is 0 Å². The van der Waals surface area contributed by atoms with Crippen molar-refractivity contribution in [1.29, 1.82) is 0 Å². The molecule has 0 radical (unpaired) electrons. The molecule has 0 aliphatic rings. The van der Waals surface area contributed by atoms with Gasteiger partial charge in [-0.1, -0.05) is 35.9 Å². The number of nitro groups is 1. The Morgan fingerprint density at radius 3 is 2.62 bits per heavy atom. The van der Waals surface area contributed by atoms with Crippen LogP contribution < -0.4 is 0 Å². The van der Waals surface area contributed by atoms with Gasteiger partial charge < -0.3 is 9.32 Å². The van der Waals surface area contributed by atoms with E-state index in [0.717, 1.165) is 5.39 Å². The lowest BCUT2D eigenvalue weighted by molar-refractivity contribution is -0.384. The van der Waals surface area contributed by atoms with Gasteiger partial charge in [-0.2, -0.15) is 0 Å². The number of carbonyl (C=O) groups is 1. The van der Waals surface area contributed by atoms with Gasteiger partial charge >= 0.3 is 0 Å². The number of nitro benzene ring substituents is 1. The fourth-order valence-corrected chi connectivity index (χ4v) is 3.08. The van der Waals surface area contributed by atoms with Gasteiger partial charge in [-0.15, -0.1) is 0 Å². The monoisotopic (exact) mass is 372 g/mol. The maximum atomic E-state index is 12.9. The molecule has 0 fully saturated rings. The molecule has 26 heavy (non-hydrogen) atoms. The first-order valence-corrected chi connectivity index (χ1v) is 8.38.